The Kier molecular flexibility index (Phi) is 4.26. The summed E-state index contributed by atoms with van der Waals surface area (Å²) in [7, 11) is -3.42. The van der Waals surface area contributed by atoms with Gasteiger partial charge in [0, 0.05) is 6.54 Å². The Bertz CT molecular complexity index is 414. The third kappa shape index (κ3) is 3.30. The topological polar surface area (TPSA) is 66.4 Å². The summed E-state index contributed by atoms with van der Waals surface area (Å²) in [4.78, 5) is 0.197. The molecule has 0 unspecified atom stereocenters. The van der Waals surface area contributed by atoms with Gasteiger partial charge in [0.1, 0.15) is 0 Å². The first-order valence-electron chi connectivity index (χ1n) is 4.79. The SMILES string of the molecule is CCCNS(=O)(=O)c1cccc(CO)c1. The van der Waals surface area contributed by atoms with E-state index in [0.717, 1.165) is 6.42 Å². The van der Waals surface area contributed by atoms with Gasteiger partial charge in [0.05, 0.1) is 11.5 Å². The van der Waals surface area contributed by atoms with Crippen LogP contribution in [0, 0.1) is 0 Å². The van der Waals surface area contributed by atoms with E-state index in [0.29, 0.717) is 12.1 Å². The molecular formula is C10H15NO3S. The van der Waals surface area contributed by atoms with Crippen molar-refractivity contribution < 1.29 is 13.5 Å². The third-order valence-corrected chi connectivity index (χ3v) is 3.39. The van der Waals surface area contributed by atoms with Crippen molar-refractivity contribution in [2.45, 2.75) is 24.8 Å². The molecule has 0 amide bonds. The number of benzene rings is 1. The normalized spacial score (nSPS) is 11.6. The second-order valence-corrected chi connectivity index (χ2v) is 4.97. The van der Waals surface area contributed by atoms with Crippen molar-refractivity contribution in [3.8, 4) is 0 Å². The fourth-order valence-electron chi connectivity index (χ4n) is 1.13. The summed E-state index contributed by atoms with van der Waals surface area (Å²) in [5.74, 6) is 0. The Labute approximate surface area is 90.0 Å². The molecule has 84 valence electrons. The van der Waals surface area contributed by atoms with E-state index in [9.17, 15) is 8.42 Å². The van der Waals surface area contributed by atoms with Crippen LogP contribution >= 0.6 is 0 Å². The molecule has 0 spiro atoms. The largest absolute Gasteiger partial charge is 0.392 e. The van der Waals surface area contributed by atoms with Crippen molar-refractivity contribution in [1.82, 2.24) is 4.72 Å². The molecule has 0 aromatic heterocycles. The number of rotatable bonds is 5. The predicted molar refractivity (Wildman–Crippen MR) is 57.8 cm³/mol. The van der Waals surface area contributed by atoms with Crippen LogP contribution in [0.5, 0.6) is 0 Å². The molecule has 1 aromatic carbocycles. The molecule has 0 saturated heterocycles. The maximum Gasteiger partial charge on any atom is 0.240 e. The fraction of sp³-hybridized carbons (Fsp3) is 0.400. The Morgan fingerprint density at radius 2 is 2.13 bits per heavy atom. The Balaban J connectivity index is 2.94. The van der Waals surface area contributed by atoms with Crippen LogP contribution in [0.15, 0.2) is 29.2 Å². The minimum absolute atomic E-state index is 0.156. The van der Waals surface area contributed by atoms with Crippen molar-refractivity contribution in [3.05, 3.63) is 29.8 Å². The molecule has 0 aliphatic rings. The molecule has 5 heteroatoms. The average Bonchev–Trinajstić information content (AvgIpc) is 2.26. The summed E-state index contributed by atoms with van der Waals surface area (Å²) < 4.78 is 25.8. The van der Waals surface area contributed by atoms with Crippen LogP contribution in [0.4, 0.5) is 0 Å². The molecule has 1 rings (SSSR count). The molecule has 0 fully saturated rings. The summed E-state index contributed by atoms with van der Waals surface area (Å²) in [5.41, 5.74) is 0.592. The van der Waals surface area contributed by atoms with E-state index in [2.05, 4.69) is 4.72 Å². The van der Waals surface area contributed by atoms with Gasteiger partial charge < -0.3 is 5.11 Å². The minimum atomic E-state index is -3.42. The molecule has 0 atom stereocenters. The molecule has 0 radical (unpaired) electrons. The maximum absolute atomic E-state index is 11.7. The number of sulfonamides is 1. The van der Waals surface area contributed by atoms with E-state index in [1.807, 2.05) is 6.92 Å². The molecule has 4 nitrogen and oxygen atoms in total. The van der Waals surface area contributed by atoms with E-state index >= 15 is 0 Å². The smallest absolute Gasteiger partial charge is 0.240 e. The highest BCUT2D eigenvalue weighted by Crippen LogP contribution is 2.11. The molecule has 0 aliphatic heterocycles. The first kappa shape index (κ1) is 12.2. The van der Waals surface area contributed by atoms with Gasteiger partial charge in [-0.3, -0.25) is 0 Å². The molecular weight excluding hydrogens is 214 g/mol. The highest BCUT2D eigenvalue weighted by Gasteiger charge is 2.12. The Hall–Kier alpha value is -0.910. The van der Waals surface area contributed by atoms with E-state index in [1.165, 1.54) is 12.1 Å². The zero-order chi connectivity index (χ0) is 11.3. The summed E-state index contributed by atoms with van der Waals surface area (Å²) in [6, 6.07) is 6.28. The highest BCUT2D eigenvalue weighted by molar-refractivity contribution is 7.89. The zero-order valence-electron chi connectivity index (χ0n) is 8.60. The van der Waals surface area contributed by atoms with E-state index in [-0.39, 0.29) is 11.5 Å². The summed E-state index contributed by atoms with van der Waals surface area (Å²) >= 11 is 0. The lowest BCUT2D eigenvalue weighted by Gasteiger charge is -2.06. The van der Waals surface area contributed by atoms with Crippen LogP contribution < -0.4 is 4.72 Å². The van der Waals surface area contributed by atoms with Gasteiger partial charge in [-0.25, -0.2) is 13.1 Å². The number of aliphatic hydroxyl groups is 1. The van der Waals surface area contributed by atoms with Crippen molar-refractivity contribution in [3.63, 3.8) is 0 Å². The van der Waals surface area contributed by atoms with E-state index < -0.39 is 10.0 Å². The molecule has 0 heterocycles. The summed E-state index contributed by atoms with van der Waals surface area (Å²) in [5, 5.41) is 8.89. The first-order chi connectivity index (χ1) is 7.10. The lowest BCUT2D eigenvalue weighted by atomic mass is 10.2. The standard InChI is InChI=1S/C10H15NO3S/c1-2-6-11-15(13,14)10-5-3-4-9(7-10)8-12/h3-5,7,11-12H,2,6,8H2,1H3. The van der Waals surface area contributed by atoms with Crippen LogP contribution in [0.3, 0.4) is 0 Å². The van der Waals surface area contributed by atoms with Crippen molar-refractivity contribution in [1.29, 1.82) is 0 Å². The first-order valence-corrected chi connectivity index (χ1v) is 6.28. The zero-order valence-corrected chi connectivity index (χ0v) is 9.42. The average molecular weight is 229 g/mol. The van der Waals surface area contributed by atoms with E-state index in [4.69, 9.17) is 5.11 Å². The number of hydrogen-bond acceptors (Lipinski definition) is 3. The fourth-order valence-corrected chi connectivity index (χ4v) is 2.33. The van der Waals surface area contributed by atoms with Gasteiger partial charge in [-0.2, -0.15) is 0 Å². The lowest BCUT2D eigenvalue weighted by molar-refractivity contribution is 0.281. The van der Waals surface area contributed by atoms with Crippen LogP contribution in [0.2, 0.25) is 0 Å². The second-order valence-electron chi connectivity index (χ2n) is 3.20. The van der Waals surface area contributed by atoms with Crippen LogP contribution in [-0.4, -0.2) is 20.1 Å². The molecule has 15 heavy (non-hydrogen) atoms. The predicted octanol–water partition coefficient (Wildman–Crippen LogP) is 0.867. The van der Waals surface area contributed by atoms with Gasteiger partial charge in [-0.05, 0) is 24.1 Å². The van der Waals surface area contributed by atoms with Gasteiger partial charge in [-0.1, -0.05) is 19.1 Å². The van der Waals surface area contributed by atoms with Gasteiger partial charge in [0.25, 0.3) is 0 Å². The summed E-state index contributed by atoms with van der Waals surface area (Å²) in [6.45, 7) is 2.16. The Morgan fingerprint density at radius 1 is 1.40 bits per heavy atom. The quantitative estimate of drug-likeness (QED) is 0.787. The van der Waals surface area contributed by atoms with Crippen LogP contribution in [0.25, 0.3) is 0 Å². The summed E-state index contributed by atoms with van der Waals surface area (Å²) in [6.07, 6.45) is 0.749. The van der Waals surface area contributed by atoms with Crippen LogP contribution in [-0.2, 0) is 16.6 Å². The van der Waals surface area contributed by atoms with E-state index in [1.54, 1.807) is 12.1 Å². The lowest BCUT2D eigenvalue weighted by Crippen LogP contribution is -2.24. The Morgan fingerprint density at radius 3 is 2.73 bits per heavy atom. The number of hydrogen-bond donors (Lipinski definition) is 2. The number of nitrogens with one attached hydrogen (secondary N) is 1. The molecule has 0 bridgehead atoms. The number of aliphatic hydroxyl groups excluding tert-OH is 1. The molecule has 2 N–H and O–H groups in total. The van der Waals surface area contributed by atoms with Gasteiger partial charge in [0.15, 0.2) is 0 Å². The highest BCUT2D eigenvalue weighted by atomic mass is 32.2. The van der Waals surface area contributed by atoms with Gasteiger partial charge in [0.2, 0.25) is 10.0 Å². The van der Waals surface area contributed by atoms with Crippen molar-refractivity contribution in [2.24, 2.45) is 0 Å². The van der Waals surface area contributed by atoms with Gasteiger partial charge in [-0.15, -0.1) is 0 Å². The van der Waals surface area contributed by atoms with Crippen molar-refractivity contribution >= 4 is 10.0 Å². The monoisotopic (exact) mass is 229 g/mol. The second kappa shape index (κ2) is 5.25. The third-order valence-electron chi connectivity index (χ3n) is 1.93. The van der Waals surface area contributed by atoms with Crippen LogP contribution in [0.1, 0.15) is 18.9 Å². The molecule has 0 aliphatic carbocycles. The van der Waals surface area contributed by atoms with Gasteiger partial charge >= 0.3 is 0 Å². The van der Waals surface area contributed by atoms with Crippen molar-refractivity contribution in [2.75, 3.05) is 6.54 Å². The molecule has 0 saturated carbocycles. The maximum atomic E-state index is 11.7. The molecule has 1 aromatic rings. The minimum Gasteiger partial charge on any atom is -0.392 e.